The lowest BCUT2D eigenvalue weighted by Crippen LogP contribution is -2.19. The van der Waals surface area contributed by atoms with E-state index in [4.69, 9.17) is 16.9 Å². The molecule has 0 saturated heterocycles. The van der Waals surface area contributed by atoms with Crippen molar-refractivity contribution in [2.75, 3.05) is 18.2 Å². The Hall–Kier alpha value is -2.21. The van der Waals surface area contributed by atoms with Gasteiger partial charge in [0, 0.05) is 6.07 Å². The average Bonchev–Trinajstić information content (AvgIpc) is 2.20. The number of nitrogens with one attached hydrogen (secondary N) is 1. The number of hydrogen-bond acceptors (Lipinski definition) is 9. The molecule has 0 atom stereocenters. The minimum Gasteiger partial charge on any atom is -0.505 e. The number of aromatic hydroxyl groups is 1. The van der Waals surface area contributed by atoms with Crippen molar-refractivity contribution >= 4 is 31.8 Å². The van der Waals surface area contributed by atoms with Gasteiger partial charge in [0.1, 0.15) is 22.8 Å². The van der Waals surface area contributed by atoms with Crippen molar-refractivity contribution in [3.63, 3.8) is 0 Å². The molecule has 0 unspecified atom stereocenters. The summed E-state index contributed by atoms with van der Waals surface area (Å²) in [7, 11) is -8.11. The van der Waals surface area contributed by atoms with Gasteiger partial charge in [-0.05, 0) is 0 Å². The van der Waals surface area contributed by atoms with E-state index >= 15 is 0 Å². The van der Waals surface area contributed by atoms with Crippen molar-refractivity contribution in [2.45, 2.75) is 0 Å². The number of phenolic OH excluding ortho intramolecular Hbond substituents is 1. The number of nitrogen functional groups attached to an aromatic ring is 2. The quantitative estimate of drug-likeness (QED) is 0.171. The third-order valence-electron chi connectivity index (χ3n) is 2.01. The van der Waals surface area contributed by atoms with Crippen molar-refractivity contribution in [1.82, 2.24) is 0 Å². The van der Waals surface area contributed by atoms with Crippen LogP contribution in [0.25, 0.3) is 0 Å². The molecule has 0 amide bonds. The van der Waals surface area contributed by atoms with Crippen molar-refractivity contribution in [3.8, 4) is 17.2 Å². The molecule has 1 aromatic carbocycles. The Morgan fingerprint density at radius 3 is 2.05 bits per heavy atom. The van der Waals surface area contributed by atoms with Crippen molar-refractivity contribution in [3.05, 3.63) is 11.6 Å². The van der Waals surface area contributed by atoms with Gasteiger partial charge >= 0.3 is 20.2 Å². The lowest BCUT2D eigenvalue weighted by molar-refractivity contribution is 0.458. The molecule has 1 aromatic rings. The molecule has 12 heteroatoms. The SMILES string of the molecule is CS(=O)(=O)Oc1cc(O)c(N)c(OS(C)(=O)=O)c1C(=N)N. The molecule has 0 bridgehead atoms. The van der Waals surface area contributed by atoms with Crippen LogP contribution in [0, 0.1) is 5.41 Å². The predicted octanol–water partition coefficient (Wildman–Crippen LogP) is -1.06. The number of anilines is 1. The van der Waals surface area contributed by atoms with E-state index in [2.05, 4.69) is 8.37 Å². The average molecular weight is 339 g/mol. The summed E-state index contributed by atoms with van der Waals surface area (Å²) in [5.41, 5.74) is 9.68. The number of phenols is 1. The minimum atomic E-state index is -4.08. The van der Waals surface area contributed by atoms with E-state index in [0.717, 1.165) is 6.07 Å². The number of rotatable bonds is 5. The van der Waals surface area contributed by atoms with E-state index in [1.165, 1.54) is 0 Å². The van der Waals surface area contributed by atoms with Crippen LogP contribution in [0.15, 0.2) is 6.07 Å². The molecule has 21 heavy (non-hydrogen) atoms. The number of benzene rings is 1. The maximum atomic E-state index is 11.2. The lowest BCUT2D eigenvalue weighted by Gasteiger charge is -2.16. The first-order chi connectivity index (χ1) is 9.32. The maximum Gasteiger partial charge on any atom is 0.306 e. The maximum absolute atomic E-state index is 11.2. The number of hydrogen-bond donors (Lipinski definition) is 4. The number of nitrogens with two attached hydrogens (primary N) is 2. The summed E-state index contributed by atoms with van der Waals surface area (Å²) in [4.78, 5) is 0. The van der Waals surface area contributed by atoms with Gasteiger partial charge in [-0.1, -0.05) is 0 Å². The number of amidine groups is 1. The zero-order valence-corrected chi connectivity index (χ0v) is 12.6. The zero-order valence-electron chi connectivity index (χ0n) is 10.9. The summed E-state index contributed by atoms with van der Waals surface area (Å²) < 4.78 is 53.8. The molecule has 0 aliphatic carbocycles. The smallest absolute Gasteiger partial charge is 0.306 e. The highest BCUT2D eigenvalue weighted by atomic mass is 32.2. The minimum absolute atomic E-state index is 0.513. The van der Waals surface area contributed by atoms with Crippen LogP contribution in [-0.2, 0) is 20.2 Å². The van der Waals surface area contributed by atoms with Gasteiger partial charge in [-0.25, -0.2) is 0 Å². The molecule has 0 saturated carbocycles. The summed E-state index contributed by atoms with van der Waals surface area (Å²) in [6.45, 7) is 0. The monoisotopic (exact) mass is 339 g/mol. The van der Waals surface area contributed by atoms with E-state index in [1.807, 2.05) is 0 Å². The van der Waals surface area contributed by atoms with Gasteiger partial charge in [-0.2, -0.15) is 16.8 Å². The molecule has 0 aliphatic heterocycles. The van der Waals surface area contributed by atoms with Gasteiger partial charge in [-0.15, -0.1) is 0 Å². The van der Waals surface area contributed by atoms with Gasteiger partial charge in [0.25, 0.3) is 0 Å². The Kier molecular flexibility index (Phi) is 4.24. The second-order valence-corrected chi connectivity index (χ2v) is 7.15. The molecule has 10 nitrogen and oxygen atoms in total. The Labute approximate surface area is 121 Å². The standard InChI is InChI=1S/C9H13N3O7S2/c1-20(14,15)18-5-3-4(13)7(10)8(6(5)9(11)12)19-21(2,16)17/h3,13H,10H2,1-2H3,(H3,11,12). The van der Waals surface area contributed by atoms with Crippen LogP contribution in [0.3, 0.4) is 0 Å². The van der Waals surface area contributed by atoms with Gasteiger partial charge < -0.3 is 24.9 Å². The highest BCUT2D eigenvalue weighted by Gasteiger charge is 2.25. The first-order valence-electron chi connectivity index (χ1n) is 5.10. The molecule has 1 rings (SSSR count). The molecule has 0 fully saturated rings. The summed E-state index contributed by atoms with van der Waals surface area (Å²) in [5.74, 6) is -2.74. The fourth-order valence-electron chi connectivity index (χ4n) is 1.36. The van der Waals surface area contributed by atoms with Crippen LogP contribution in [-0.4, -0.2) is 40.3 Å². The second-order valence-electron chi connectivity index (χ2n) is 4.00. The van der Waals surface area contributed by atoms with E-state index in [1.54, 1.807) is 0 Å². The molecule has 0 radical (unpaired) electrons. The predicted molar refractivity (Wildman–Crippen MR) is 74.5 cm³/mol. The largest absolute Gasteiger partial charge is 0.505 e. The van der Waals surface area contributed by atoms with E-state index in [9.17, 15) is 21.9 Å². The Balaban J connectivity index is 3.72. The Bertz CT molecular complexity index is 799. The first kappa shape index (κ1) is 16.8. The van der Waals surface area contributed by atoms with Gasteiger partial charge in [0.2, 0.25) is 0 Å². The molecule has 6 N–H and O–H groups in total. The third kappa shape index (κ3) is 4.39. The van der Waals surface area contributed by atoms with Crippen LogP contribution in [0.5, 0.6) is 17.2 Å². The Morgan fingerprint density at radius 2 is 1.67 bits per heavy atom. The topological polar surface area (TPSA) is 183 Å². The fraction of sp³-hybridized carbons (Fsp3) is 0.222. The molecule has 0 spiro atoms. The van der Waals surface area contributed by atoms with Crippen LogP contribution in [0.2, 0.25) is 0 Å². The Morgan fingerprint density at radius 1 is 1.19 bits per heavy atom. The molecule has 0 heterocycles. The molecule has 0 aliphatic rings. The second kappa shape index (κ2) is 5.29. The highest BCUT2D eigenvalue weighted by Crippen LogP contribution is 2.41. The van der Waals surface area contributed by atoms with Crippen LogP contribution >= 0.6 is 0 Å². The van der Waals surface area contributed by atoms with Crippen molar-refractivity contribution in [1.29, 1.82) is 5.41 Å². The molecular formula is C9H13N3O7S2. The van der Waals surface area contributed by atoms with Gasteiger partial charge in [-0.3, -0.25) is 5.41 Å². The van der Waals surface area contributed by atoms with Gasteiger partial charge in [0.05, 0.1) is 12.5 Å². The molecule has 118 valence electrons. The van der Waals surface area contributed by atoms with Crippen LogP contribution in [0.4, 0.5) is 5.69 Å². The third-order valence-corrected chi connectivity index (χ3v) is 2.96. The van der Waals surface area contributed by atoms with Crippen LogP contribution < -0.4 is 19.8 Å². The van der Waals surface area contributed by atoms with Gasteiger partial charge in [0.15, 0.2) is 11.5 Å². The summed E-state index contributed by atoms with van der Waals surface area (Å²) >= 11 is 0. The molecule has 0 aromatic heterocycles. The zero-order chi connectivity index (χ0) is 16.6. The molecular weight excluding hydrogens is 326 g/mol. The van der Waals surface area contributed by atoms with E-state index < -0.39 is 54.6 Å². The summed E-state index contributed by atoms with van der Waals surface area (Å²) in [6.07, 6.45) is 1.40. The van der Waals surface area contributed by atoms with Crippen molar-refractivity contribution in [2.24, 2.45) is 5.73 Å². The summed E-state index contributed by atoms with van der Waals surface area (Å²) in [6, 6.07) is 0.780. The normalized spacial score (nSPS) is 11.9. The lowest BCUT2D eigenvalue weighted by atomic mass is 10.1. The highest BCUT2D eigenvalue weighted by molar-refractivity contribution is 7.86. The first-order valence-corrected chi connectivity index (χ1v) is 8.74. The van der Waals surface area contributed by atoms with E-state index in [0.29, 0.717) is 12.5 Å². The van der Waals surface area contributed by atoms with Crippen molar-refractivity contribution < 1.29 is 30.3 Å². The van der Waals surface area contributed by atoms with Crippen LogP contribution in [0.1, 0.15) is 5.56 Å². The van der Waals surface area contributed by atoms with E-state index in [-0.39, 0.29) is 0 Å². The summed E-state index contributed by atoms with van der Waals surface area (Å²) in [5, 5.41) is 17.0. The fourth-order valence-corrected chi connectivity index (χ4v) is 2.29.